The SMILES string of the molecule is C[C@@H](N=C(c1cc(Cl)ccc1NC(=O)C#CC1CC1)C(F)(F)F)c1ccccc1. The van der Waals surface area contributed by atoms with Gasteiger partial charge in [0.15, 0.2) is 0 Å². The number of hydrogen-bond acceptors (Lipinski definition) is 2. The van der Waals surface area contributed by atoms with Crippen LogP contribution in [0.2, 0.25) is 5.02 Å². The quantitative estimate of drug-likeness (QED) is 0.494. The molecule has 1 atom stereocenters. The molecule has 1 aliphatic carbocycles. The van der Waals surface area contributed by atoms with Crippen molar-refractivity contribution in [3.05, 3.63) is 64.7 Å². The largest absolute Gasteiger partial charge is 0.433 e. The van der Waals surface area contributed by atoms with E-state index in [9.17, 15) is 18.0 Å². The van der Waals surface area contributed by atoms with Gasteiger partial charge in [-0.15, -0.1) is 0 Å². The van der Waals surface area contributed by atoms with Gasteiger partial charge in [0.05, 0.1) is 11.7 Å². The molecule has 3 rings (SSSR count). The molecular weight excluding hydrogens is 401 g/mol. The monoisotopic (exact) mass is 418 g/mol. The normalized spacial score (nSPS) is 15.3. The Kier molecular flexibility index (Phi) is 6.29. The highest BCUT2D eigenvalue weighted by Crippen LogP contribution is 2.32. The number of aliphatic imine (C=N–C) groups is 1. The van der Waals surface area contributed by atoms with Gasteiger partial charge in [-0.3, -0.25) is 9.79 Å². The van der Waals surface area contributed by atoms with Crippen LogP contribution in [-0.2, 0) is 4.79 Å². The second-order valence-electron chi connectivity index (χ2n) is 6.75. The van der Waals surface area contributed by atoms with E-state index in [0.29, 0.717) is 5.56 Å². The van der Waals surface area contributed by atoms with Crippen LogP contribution in [0.4, 0.5) is 18.9 Å². The summed E-state index contributed by atoms with van der Waals surface area (Å²) >= 11 is 5.95. The number of alkyl halides is 3. The van der Waals surface area contributed by atoms with Crippen molar-refractivity contribution in [2.75, 3.05) is 5.32 Å². The Morgan fingerprint density at radius 3 is 2.52 bits per heavy atom. The molecule has 0 heterocycles. The molecule has 0 bridgehead atoms. The van der Waals surface area contributed by atoms with Crippen molar-refractivity contribution in [2.45, 2.75) is 32.0 Å². The van der Waals surface area contributed by atoms with Gasteiger partial charge >= 0.3 is 6.18 Å². The summed E-state index contributed by atoms with van der Waals surface area (Å²) in [5.74, 6) is 4.74. The van der Waals surface area contributed by atoms with E-state index in [0.717, 1.165) is 18.9 Å². The van der Waals surface area contributed by atoms with Crippen molar-refractivity contribution in [1.29, 1.82) is 0 Å². The van der Waals surface area contributed by atoms with E-state index in [1.807, 2.05) is 0 Å². The van der Waals surface area contributed by atoms with Crippen LogP contribution >= 0.6 is 11.6 Å². The van der Waals surface area contributed by atoms with Gasteiger partial charge in [0.2, 0.25) is 0 Å². The van der Waals surface area contributed by atoms with Gasteiger partial charge in [-0.25, -0.2) is 0 Å². The summed E-state index contributed by atoms with van der Waals surface area (Å²) in [6, 6.07) is 11.8. The van der Waals surface area contributed by atoms with Gasteiger partial charge < -0.3 is 5.32 Å². The number of anilines is 1. The minimum Gasteiger partial charge on any atom is -0.315 e. The van der Waals surface area contributed by atoms with Crippen molar-refractivity contribution in [1.82, 2.24) is 0 Å². The lowest BCUT2D eigenvalue weighted by Crippen LogP contribution is -2.26. The molecular formula is C22H18ClF3N2O. The Hall–Kier alpha value is -2.78. The van der Waals surface area contributed by atoms with Crippen LogP contribution in [-0.4, -0.2) is 17.8 Å². The molecule has 1 aliphatic rings. The third-order valence-corrected chi connectivity index (χ3v) is 4.56. The molecule has 1 N–H and O–H groups in total. The first-order valence-corrected chi connectivity index (χ1v) is 9.44. The van der Waals surface area contributed by atoms with Crippen molar-refractivity contribution in [3.8, 4) is 11.8 Å². The number of hydrogen-bond donors (Lipinski definition) is 1. The predicted molar refractivity (Wildman–Crippen MR) is 108 cm³/mol. The van der Waals surface area contributed by atoms with Gasteiger partial charge in [-0.05, 0) is 49.4 Å². The summed E-state index contributed by atoms with van der Waals surface area (Å²) in [5.41, 5.74) is -0.811. The zero-order valence-corrected chi connectivity index (χ0v) is 16.3. The molecule has 0 unspecified atom stereocenters. The maximum absolute atomic E-state index is 13.9. The predicted octanol–water partition coefficient (Wildman–Crippen LogP) is 5.80. The fourth-order valence-electron chi connectivity index (χ4n) is 2.67. The van der Waals surface area contributed by atoms with Crippen LogP contribution in [0, 0.1) is 17.8 Å². The molecule has 29 heavy (non-hydrogen) atoms. The molecule has 7 heteroatoms. The minimum atomic E-state index is -4.74. The fraction of sp³-hybridized carbons (Fsp3) is 0.273. The number of nitrogens with zero attached hydrogens (tertiary/aromatic N) is 1. The topological polar surface area (TPSA) is 41.5 Å². The van der Waals surface area contributed by atoms with E-state index in [4.69, 9.17) is 11.6 Å². The summed E-state index contributed by atoms with van der Waals surface area (Å²) < 4.78 is 41.6. The molecule has 0 aliphatic heterocycles. The third kappa shape index (κ3) is 5.85. The van der Waals surface area contributed by atoms with Crippen LogP contribution in [0.3, 0.4) is 0 Å². The van der Waals surface area contributed by atoms with E-state index < -0.39 is 23.8 Å². The highest BCUT2D eigenvalue weighted by atomic mass is 35.5. The number of carbonyl (C=O) groups excluding carboxylic acids is 1. The van der Waals surface area contributed by atoms with Crippen LogP contribution in [0.15, 0.2) is 53.5 Å². The highest BCUT2D eigenvalue weighted by Gasteiger charge is 2.38. The molecule has 0 radical (unpaired) electrons. The number of rotatable bonds is 4. The summed E-state index contributed by atoms with van der Waals surface area (Å²) in [4.78, 5) is 16.0. The third-order valence-electron chi connectivity index (χ3n) is 4.33. The highest BCUT2D eigenvalue weighted by molar-refractivity contribution is 6.31. The van der Waals surface area contributed by atoms with Crippen LogP contribution in [0.1, 0.15) is 36.9 Å². The second-order valence-corrected chi connectivity index (χ2v) is 7.19. The first-order chi connectivity index (χ1) is 13.7. The van der Waals surface area contributed by atoms with E-state index >= 15 is 0 Å². The van der Waals surface area contributed by atoms with Crippen LogP contribution in [0.25, 0.3) is 0 Å². The van der Waals surface area contributed by atoms with Crippen LogP contribution in [0.5, 0.6) is 0 Å². The number of carbonyl (C=O) groups is 1. The van der Waals surface area contributed by atoms with Gasteiger partial charge in [0, 0.05) is 16.5 Å². The fourth-order valence-corrected chi connectivity index (χ4v) is 2.84. The lowest BCUT2D eigenvalue weighted by molar-refractivity contribution is -0.111. The lowest BCUT2D eigenvalue weighted by atomic mass is 10.0. The van der Waals surface area contributed by atoms with Crippen molar-refractivity contribution in [2.24, 2.45) is 10.9 Å². The number of amides is 1. The van der Waals surface area contributed by atoms with Crippen molar-refractivity contribution < 1.29 is 18.0 Å². The lowest BCUT2D eigenvalue weighted by Gasteiger charge is -2.17. The smallest absolute Gasteiger partial charge is 0.315 e. The molecule has 150 valence electrons. The first kappa shape index (κ1) is 20.9. The molecule has 0 spiro atoms. The Bertz CT molecular complexity index is 987. The summed E-state index contributed by atoms with van der Waals surface area (Å²) in [6.45, 7) is 1.57. The van der Waals surface area contributed by atoms with Gasteiger partial charge in [0.25, 0.3) is 5.91 Å². The Morgan fingerprint density at radius 1 is 1.21 bits per heavy atom. The Balaban J connectivity index is 1.99. The summed E-state index contributed by atoms with van der Waals surface area (Å²) in [7, 11) is 0. The zero-order valence-electron chi connectivity index (χ0n) is 15.6. The average molecular weight is 419 g/mol. The average Bonchev–Trinajstić information content (AvgIpc) is 3.50. The Labute approximate surface area is 172 Å². The zero-order chi connectivity index (χ0) is 21.0. The second kappa shape index (κ2) is 8.71. The standard InChI is InChI=1S/C22H18ClF3N2O/c1-14(16-5-3-2-4-6-16)27-21(22(24,25)26)18-13-17(23)10-11-19(18)28-20(29)12-9-15-7-8-15/h2-6,10-11,13-15H,7-8H2,1H3,(H,28,29)/t14-/m1/s1. The summed E-state index contributed by atoms with van der Waals surface area (Å²) in [6.07, 6.45) is -2.86. The molecule has 3 nitrogen and oxygen atoms in total. The van der Waals surface area contributed by atoms with Gasteiger partial charge in [0.1, 0.15) is 5.71 Å². The molecule has 1 amide bonds. The number of nitrogens with one attached hydrogen (secondary N) is 1. The molecule has 1 saturated carbocycles. The van der Waals surface area contributed by atoms with E-state index in [1.54, 1.807) is 37.3 Å². The number of halogens is 4. The molecule has 2 aromatic carbocycles. The molecule has 1 fully saturated rings. The molecule has 2 aromatic rings. The van der Waals surface area contributed by atoms with Crippen molar-refractivity contribution >= 4 is 28.9 Å². The summed E-state index contributed by atoms with van der Waals surface area (Å²) in [5, 5.41) is 2.54. The van der Waals surface area contributed by atoms with Crippen LogP contribution < -0.4 is 5.32 Å². The van der Waals surface area contributed by atoms with Gasteiger partial charge in [-0.2, -0.15) is 13.2 Å². The van der Waals surface area contributed by atoms with Crippen molar-refractivity contribution in [3.63, 3.8) is 0 Å². The maximum Gasteiger partial charge on any atom is 0.433 e. The maximum atomic E-state index is 13.9. The number of benzene rings is 2. The van der Waals surface area contributed by atoms with Gasteiger partial charge in [-0.1, -0.05) is 47.9 Å². The Morgan fingerprint density at radius 2 is 1.90 bits per heavy atom. The van der Waals surface area contributed by atoms with E-state index in [2.05, 4.69) is 22.2 Å². The molecule has 0 aromatic heterocycles. The molecule has 0 saturated heterocycles. The van der Waals surface area contributed by atoms with E-state index in [1.165, 1.54) is 12.1 Å². The minimum absolute atomic E-state index is 0.0409. The van der Waals surface area contributed by atoms with E-state index in [-0.39, 0.29) is 22.2 Å². The first-order valence-electron chi connectivity index (χ1n) is 9.06.